The van der Waals surface area contributed by atoms with Crippen LogP contribution in [0.5, 0.6) is 5.75 Å². The molecule has 5 heteroatoms. The second-order valence-corrected chi connectivity index (χ2v) is 7.24. The Hall–Kier alpha value is -2.30. The van der Waals surface area contributed by atoms with Gasteiger partial charge in [-0.05, 0) is 62.8 Å². The summed E-state index contributed by atoms with van der Waals surface area (Å²) in [6, 6.07) is 6.34. The maximum atomic E-state index is 12.5. The van der Waals surface area contributed by atoms with E-state index in [1.165, 1.54) is 17.5 Å². The molecule has 1 aromatic heterocycles. The van der Waals surface area contributed by atoms with Crippen molar-refractivity contribution in [3.8, 4) is 5.75 Å². The van der Waals surface area contributed by atoms with Crippen molar-refractivity contribution in [2.45, 2.75) is 64.6 Å². The topological polar surface area (TPSA) is 56.2 Å². The highest BCUT2D eigenvalue weighted by atomic mass is 16.5. The highest BCUT2D eigenvalue weighted by Crippen LogP contribution is 2.26. The van der Waals surface area contributed by atoms with E-state index in [1.54, 1.807) is 0 Å². The fourth-order valence-corrected chi connectivity index (χ4v) is 3.90. The molecule has 5 nitrogen and oxygen atoms in total. The molecule has 0 fully saturated rings. The van der Waals surface area contributed by atoms with Gasteiger partial charge in [0.25, 0.3) is 5.91 Å². The van der Waals surface area contributed by atoms with Gasteiger partial charge in [-0.25, -0.2) is 4.98 Å². The molecule has 0 unspecified atom stereocenters. The number of hydrogen-bond acceptors (Lipinski definition) is 3. The van der Waals surface area contributed by atoms with Crippen LogP contribution in [0.1, 0.15) is 42.4 Å². The maximum absolute atomic E-state index is 12.5. The Balaban J connectivity index is 1.35. The molecule has 2 aliphatic rings. The number of rotatable bonds is 4. The van der Waals surface area contributed by atoms with Gasteiger partial charge in [-0.3, -0.25) is 4.79 Å². The smallest absolute Gasteiger partial charge is 0.261 e. The monoisotopic (exact) mass is 339 g/mol. The number of nitrogens with zero attached hydrogens (tertiary/aromatic N) is 2. The van der Waals surface area contributed by atoms with Crippen LogP contribution in [0.3, 0.4) is 0 Å². The number of aryl methyl sites for hydroxylation is 4. The van der Waals surface area contributed by atoms with Crippen molar-refractivity contribution in [1.29, 1.82) is 0 Å². The number of ether oxygens (including phenoxy) is 1. The molecule has 2 atom stereocenters. The summed E-state index contributed by atoms with van der Waals surface area (Å²) in [4.78, 5) is 17.0. The van der Waals surface area contributed by atoms with E-state index < -0.39 is 6.10 Å². The molecule has 2 aromatic rings. The van der Waals surface area contributed by atoms with Gasteiger partial charge >= 0.3 is 0 Å². The van der Waals surface area contributed by atoms with Gasteiger partial charge in [-0.1, -0.05) is 6.07 Å². The van der Waals surface area contributed by atoms with Crippen LogP contribution >= 0.6 is 0 Å². The molecule has 1 N–H and O–H groups in total. The lowest BCUT2D eigenvalue weighted by Crippen LogP contribution is -2.46. The van der Waals surface area contributed by atoms with Gasteiger partial charge in [0, 0.05) is 25.2 Å². The number of imidazole rings is 1. The van der Waals surface area contributed by atoms with E-state index in [2.05, 4.69) is 33.2 Å². The molecule has 0 saturated carbocycles. The number of amides is 1. The molecule has 1 aliphatic carbocycles. The molecule has 1 aliphatic heterocycles. The Morgan fingerprint density at radius 3 is 3.04 bits per heavy atom. The van der Waals surface area contributed by atoms with Gasteiger partial charge in [0.2, 0.25) is 0 Å². The standard InChI is InChI=1S/C20H25N3O2/c1-13-11-23-12-17(7-9-19(23)21-13)22-20(24)14(2)25-18-8-6-15-4-3-5-16(15)10-18/h6,8,10-11,14,17H,3-5,7,9,12H2,1-2H3,(H,22,24)/t14-,17+/m1/s1. The number of carbonyl (C=O) groups excluding carboxylic acids is 1. The summed E-state index contributed by atoms with van der Waals surface area (Å²) < 4.78 is 8.03. The number of benzene rings is 1. The van der Waals surface area contributed by atoms with Crippen molar-refractivity contribution in [3.05, 3.63) is 47.0 Å². The van der Waals surface area contributed by atoms with Gasteiger partial charge in [-0.15, -0.1) is 0 Å². The third kappa shape index (κ3) is 3.41. The number of hydrogen-bond donors (Lipinski definition) is 1. The molecule has 132 valence electrons. The highest BCUT2D eigenvalue weighted by Gasteiger charge is 2.24. The lowest BCUT2D eigenvalue weighted by molar-refractivity contribution is -0.128. The van der Waals surface area contributed by atoms with E-state index in [1.807, 2.05) is 19.9 Å². The van der Waals surface area contributed by atoms with E-state index in [0.29, 0.717) is 0 Å². The summed E-state index contributed by atoms with van der Waals surface area (Å²) in [5.74, 6) is 1.86. The molecule has 0 radical (unpaired) electrons. The van der Waals surface area contributed by atoms with E-state index in [0.717, 1.165) is 49.5 Å². The normalized spacial score (nSPS) is 19.8. The van der Waals surface area contributed by atoms with Crippen LogP contribution in [0.15, 0.2) is 24.4 Å². The summed E-state index contributed by atoms with van der Waals surface area (Å²) >= 11 is 0. The number of aromatic nitrogens is 2. The first-order valence-electron chi connectivity index (χ1n) is 9.20. The molecule has 0 bridgehead atoms. The molecule has 1 aromatic carbocycles. The summed E-state index contributed by atoms with van der Waals surface area (Å²) in [7, 11) is 0. The minimum absolute atomic E-state index is 0.0502. The van der Waals surface area contributed by atoms with Crippen LogP contribution in [-0.2, 0) is 30.6 Å². The first-order valence-corrected chi connectivity index (χ1v) is 9.20. The highest BCUT2D eigenvalue weighted by molar-refractivity contribution is 5.81. The average Bonchev–Trinajstić information content (AvgIpc) is 3.19. The van der Waals surface area contributed by atoms with Gasteiger partial charge < -0.3 is 14.6 Å². The minimum atomic E-state index is -0.495. The van der Waals surface area contributed by atoms with Crippen molar-refractivity contribution >= 4 is 5.91 Å². The predicted molar refractivity (Wildman–Crippen MR) is 95.8 cm³/mol. The zero-order valence-corrected chi connectivity index (χ0v) is 14.9. The molecular formula is C20H25N3O2. The Kier molecular flexibility index (Phi) is 4.24. The number of nitrogens with one attached hydrogen (secondary N) is 1. The second-order valence-electron chi connectivity index (χ2n) is 7.24. The predicted octanol–water partition coefficient (Wildman–Crippen LogP) is 2.58. The van der Waals surface area contributed by atoms with E-state index in [9.17, 15) is 4.79 Å². The van der Waals surface area contributed by atoms with Crippen molar-refractivity contribution in [2.75, 3.05) is 0 Å². The summed E-state index contributed by atoms with van der Waals surface area (Å²) in [5, 5.41) is 3.13. The fourth-order valence-electron chi connectivity index (χ4n) is 3.90. The lowest BCUT2D eigenvalue weighted by Gasteiger charge is -2.26. The molecule has 2 heterocycles. The molecule has 1 amide bonds. The summed E-state index contributed by atoms with van der Waals surface area (Å²) in [6.07, 6.45) is 6.87. The maximum Gasteiger partial charge on any atom is 0.261 e. The average molecular weight is 339 g/mol. The first kappa shape index (κ1) is 16.2. The van der Waals surface area contributed by atoms with Crippen LogP contribution in [0, 0.1) is 6.92 Å². The van der Waals surface area contributed by atoms with E-state index in [4.69, 9.17) is 4.74 Å². The van der Waals surface area contributed by atoms with Crippen molar-refractivity contribution in [2.24, 2.45) is 0 Å². The van der Waals surface area contributed by atoms with Crippen LogP contribution in [0.25, 0.3) is 0 Å². The van der Waals surface area contributed by atoms with Gasteiger partial charge in [0.1, 0.15) is 11.6 Å². The molecule has 25 heavy (non-hydrogen) atoms. The number of carbonyl (C=O) groups is 1. The first-order chi connectivity index (χ1) is 12.1. The molecule has 4 rings (SSSR count). The Morgan fingerprint density at radius 2 is 2.16 bits per heavy atom. The third-order valence-electron chi connectivity index (χ3n) is 5.21. The Morgan fingerprint density at radius 1 is 1.32 bits per heavy atom. The zero-order valence-electron chi connectivity index (χ0n) is 14.9. The summed E-state index contributed by atoms with van der Waals surface area (Å²) in [6.45, 7) is 4.61. The van der Waals surface area contributed by atoms with Gasteiger partial charge in [0.05, 0.1) is 5.69 Å². The summed E-state index contributed by atoms with van der Waals surface area (Å²) in [5.41, 5.74) is 3.81. The third-order valence-corrected chi connectivity index (χ3v) is 5.21. The van der Waals surface area contributed by atoms with Gasteiger partial charge in [-0.2, -0.15) is 0 Å². The number of fused-ring (bicyclic) bond motifs is 2. The van der Waals surface area contributed by atoms with E-state index in [-0.39, 0.29) is 11.9 Å². The Labute approximate surface area is 148 Å². The SMILES string of the molecule is Cc1cn2c(n1)CC[C@H](NC(=O)[C@@H](C)Oc1ccc3c(c1)CCC3)C2. The van der Waals surface area contributed by atoms with Crippen molar-refractivity contribution in [1.82, 2.24) is 14.9 Å². The molecule has 0 saturated heterocycles. The van der Waals surface area contributed by atoms with Crippen molar-refractivity contribution < 1.29 is 9.53 Å². The quantitative estimate of drug-likeness (QED) is 0.931. The van der Waals surface area contributed by atoms with Crippen molar-refractivity contribution in [3.63, 3.8) is 0 Å². The van der Waals surface area contributed by atoms with Crippen LogP contribution in [0.2, 0.25) is 0 Å². The Bertz CT molecular complexity index is 796. The zero-order chi connectivity index (χ0) is 17.4. The van der Waals surface area contributed by atoms with Crippen LogP contribution < -0.4 is 10.1 Å². The van der Waals surface area contributed by atoms with E-state index >= 15 is 0 Å². The second kappa shape index (κ2) is 6.54. The van der Waals surface area contributed by atoms with Crippen LogP contribution in [-0.4, -0.2) is 27.6 Å². The van der Waals surface area contributed by atoms with Crippen LogP contribution in [0.4, 0.5) is 0 Å². The van der Waals surface area contributed by atoms with Gasteiger partial charge in [0.15, 0.2) is 6.10 Å². The molecular weight excluding hydrogens is 314 g/mol. The molecule has 0 spiro atoms. The minimum Gasteiger partial charge on any atom is -0.481 e. The fraction of sp³-hybridized carbons (Fsp3) is 0.500. The lowest BCUT2D eigenvalue weighted by atomic mass is 10.1. The largest absolute Gasteiger partial charge is 0.481 e.